The molecular weight excluding hydrogens is 282 g/mol. The van der Waals surface area contributed by atoms with E-state index in [0.717, 1.165) is 11.3 Å². The molecule has 0 spiro atoms. The number of nitrogens with one attached hydrogen (secondary N) is 1. The molecular formula is C16H19N3O3. The molecule has 0 bridgehead atoms. The second-order valence-electron chi connectivity index (χ2n) is 5.19. The van der Waals surface area contributed by atoms with Crippen molar-refractivity contribution in [1.29, 1.82) is 0 Å². The Morgan fingerprint density at radius 3 is 2.50 bits per heavy atom. The molecule has 0 aliphatic carbocycles. The van der Waals surface area contributed by atoms with E-state index in [-0.39, 0.29) is 12.3 Å². The van der Waals surface area contributed by atoms with Crippen molar-refractivity contribution in [2.75, 3.05) is 0 Å². The average molecular weight is 301 g/mol. The molecule has 0 aliphatic rings. The third kappa shape index (κ3) is 3.72. The first kappa shape index (κ1) is 15.8. The Morgan fingerprint density at radius 1 is 1.27 bits per heavy atom. The first-order valence-corrected chi connectivity index (χ1v) is 7.04. The maximum Gasteiger partial charge on any atom is 0.326 e. The van der Waals surface area contributed by atoms with Crippen LogP contribution in [0.5, 0.6) is 0 Å². The van der Waals surface area contributed by atoms with Crippen molar-refractivity contribution in [3.8, 4) is 0 Å². The summed E-state index contributed by atoms with van der Waals surface area (Å²) in [6, 6.07) is 10.0. The number of carbonyl (C=O) groups is 2. The van der Waals surface area contributed by atoms with Gasteiger partial charge in [0.1, 0.15) is 6.04 Å². The van der Waals surface area contributed by atoms with Crippen LogP contribution in [-0.4, -0.2) is 32.8 Å². The van der Waals surface area contributed by atoms with E-state index in [1.54, 1.807) is 30.9 Å². The molecule has 2 rings (SSSR count). The van der Waals surface area contributed by atoms with Crippen LogP contribution in [0.1, 0.15) is 24.1 Å². The van der Waals surface area contributed by atoms with E-state index in [9.17, 15) is 14.7 Å². The summed E-state index contributed by atoms with van der Waals surface area (Å²) in [6.45, 7) is 1.73. The minimum absolute atomic E-state index is 0.250. The molecule has 1 heterocycles. The number of carboxylic acids is 1. The Kier molecular flexibility index (Phi) is 4.93. The van der Waals surface area contributed by atoms with Crippen LogP contribution >= 0.6 is 0 Å². The van der Waals surface area contributed by atoms with Crippen LogP contribution in [0.3, 0.4) is 0 Å². The van der Waals surface area contributed by atoms with Gasteiger partial charge in [-0.15, -0.1) is 0 Å². The molecule has 0 radical (unpaired) electrons. The van der Waals surface area contributed by atoms with Crippen molar-refractivity contribution in [3.63, 3.8) is 0 Å². The fraction of sp³-hybridized carbons (Fsp3) is 0.312. The van der Waals surface area contributed by atoms with Crippen molar-refractivity contribution >= 4 is 11.9 Å². The van der Waals surface area contributed by atoms with E-state index >= 15 is 0 Å². The highest BCUT2D eigenvalue weighted by molar-refractivity contribution is 5.87. The fourth-order valence-electron chi connectivity index (χ4n) is 2.29. The molecule has 1 aromatic heterocycles. The summed E-state index contributed by atoms with van der Waals surface area (Å²) in [6.07, 6.45) is 1.86. The van der Waals surface area contributed by atoms with Crippen LogP contribution in [0.15, 0.2) is 42.6 Å². The molecule has 6 nitrogen and oxygen atoms in total. The summed E-state index contributed by atoms with van der Waals surface area (Å²) >= 11 is 0. The molecule has 0 saturated carbocycles. The van der Waals surface area contributed by atoms with Gasteiger partial charge >= 0.3 is 5.97 Å². The second kappa shape index (κ2) is 6.89. The minimum atomic E-state index is -1.05. The van der Waals surface area contributed by atoms with Crippen LogP contribution in [0.2, 0.25) is 0 Å². The van der Waals surface area contributed by atoms with Crippen molar-refractivity contribution in [2.45, 2.75) is 25.3 Å². The smallest absolute Gasteiger partial charge is 0.326 e. The molecule has 2 atom stereocenters. The highest BCUT2D eigenvalue weighted by Gasteiger charge is 2.25. The first-order chi connectivity index (χ1) is 10.5. The molecule has 2 N–H and O–H groups in total. The zero-order chi connectivity index (χ0) is 16.1. The van der Waals surface area contributed by atoms with Gasteiger partial charge in [-0.25, -0.2) is 4.79 Å². The molecule has 1 aromatic carbocycles. The fourth-order valence-corrected chi connectivity index (χ4v) is 2.29. The summed E-state index contributed by atoms with van der Waals surface area (Å²) < 4.78 is 1.61. The number of rotatable bonds is 6. The predicted octanol–water partition coefficient (Wildman–Crippen LogP) is 1.34. The number of hydrogen-bond donors (Lipinski definition) is 2. The standard InChI is InChI=1S/C16H19N3O3/c1-11(14-8-9-17-19(14)2)15(20)18-13(16(21)22)10-12-6-4-3-5-7-12/h3-9,11,13H,10H2,1-2H3,(H,18,20)(H,21,22)/t11?,13-/m0/s1. The van der Waals surface area contributed by atoms with Gasteiger partial charge in [-0.1, -0.05) is 30.3 Å². The van der Waals surface area contributed by atoms with Gasteiger partial charge in [0.2, 0.25) is 5.91 Å². The zero-order valence-corrected chi connectivity index (χ0v) is 12.6. The third-order valence-corrected chi connectivity index (χ3v) is 3.59. The molecule has 6 heteroatoms. The highest BCUT2D eigenvalue weighted by Crippen LogP contribution is 2.14. The van der Waals surface area contributed by atoms with Crippen molar-refractivity contribution in [1.82, 2.24) is 15.1 Å². The first-order valence-electron chi connectivity index (χ1n) is 7.04. The Bertz CT molecular complexity index is 652. The molecule has 0 aliphatic heterocycles. The SMILES string of the molecule is CC(C(=O)N[C@@H](Cc1ccccc1)C(=O)O)c1ccnn1C. The number of amides is 1. The van der Waals surface area contributed by atoms with E-state index in [2.05, 4.69) is 10.4 Å². The van der Waals surface area contributed by atoms with Gasteiger partial charge in [-0.3, -0.25) is 9.48 Å². The Balaban J connectivity index is 2.06. The number of carbonyl (C=O) groups excluding carboxylic acids is 1. The van der Waals surface area contributed by atoms with Crippen molar-refractivity contribution in [2.24, 2.45) is 7.05 Å². The van der Waals surface area contributed by atoms with E-state index in [1.807, 2.05) is 30.3 Å². The van der Waals surface area contributed by atoms with Gasteiger partial charge in [-0.2, -0.15) is 5.10 Å². The van der Waals surface area contributed by atoms with Gasteiger partial charge in [0.05, 0.1) is 11.6 Å². The lowest BCUT2D eigenvalue weighted by Crippen LogP contribution is -2.44. The van der Waals surface area contributed by atoms with Gasteiger partial charge in [0.15, 0.2) is 0 Å². The lowest BCUT2D eigenvalue weighted by molar-refractivity contribution is -0.142. The maximum atomic E-state index is 12.3. The molecule has 0 saturated heterocycles. The summed E-state index contributed by atoms with van der Waals surface area (Å²) in [5.74, 6) is -1.84. The number of aryl methyl sites for hydroxylation is 1. The molecule has 2 aromatic rings. The van der Waals surface area contributed by atoms with Crippen LogP contribution < -0.4 is 5.32 Å². The van der Waals surface area contributed by atoms with Crippen molar-refractivity contribution in [3.05, 3.63) is 53.9 Å². The van der Waals surface area contributed by atoms with Crippen LogP contribution in [0, 0.1) is 0 Å². The van der Waals surface area contributed by atoms with Crippen LogP contribution in [-0.2, 0) is 23.1 Å². The Morgan fingerprint density at radius 2 is 1.95 bits per heavy atom. The predicted molar refractivity (Wildman–Crippen MR) is 81.3 cm³/mol. The number of nitrogens with zero attached hydrogens (tertiary/aromatic N) is 2. The van der Waals surface area contributed by atoms with Crippen LogP contribution in [0.4, 0.5) is 0 Å². The zero-order valence-electron chi connectivity index (χ0n) is 12.6. The maximum absolute atomic E-state index is 12.3. The molecule has 1 amide bonds. The lowest BCUT2D eigenvalue weighted by Gasteiger charge is -2.18. The van der Waals surface area contributed by atoms with Crippen LogP contribution in [0.25, 0.3) is 0 Å². The van der Waals surface area contributed by atoms with Crippen molar-refractivity contribution < 1.29 is 14.7 Å². The van der Waals surface area contributed by atoms with Gasteiger partial charge in [-0.05, 0) is 18.6 Å². The molecule has 22 heavy (non-hydrogen) atoms. The summed E-state index contributed by atoms with van der Waals surface area (Å²) in [5, 5.41) is 15.9. The average Bonchev–Trinajstić information content (AvgIpc) is 2.92. The molecule has 0 fully saturated rings. The normalized spacial score (nSPS) is 13.4. The van der Waals surface area contributed by atoms with Gasteiger partial charge in [0.25, 0.3) is 0 Å². The monoisotopic (exact) mass is 301 g/mol. The number of benzene rings is 1. The van der Waals surface area contributed by atoms with E-state index < -0.39 is 17.9 Å². The van der Waals surface area contributed by atoms with Gasteiger partial charge in [0, 0.05) is 19.7 Å². The van der Waals surface area contributed by atoms with Gasteiger partial charge < -0.3 is 10.4 Å². The number of aromatic nitrogens is 2. The van der Waals surface area contributed by atoms with E-state index in [4.69, 9.17) is 0 Å². The molecule has 1 unspecified atom stereocenters. The number of aliphatic carboxylic acids is 1. The second-order valence-corrected chi connectivity index (χ2v) is 5.19. The summed E-state index contributed by atoms with van der Waals surface area (Å²) in [7, 11) is 1.75. The Hall–Kier alpha value is -2.63. The lowest BCUT2D eigenvalue weighted by atomic mass is 10.0. The minimum Gasteiger partial charge on any atom is -0.480 e. The largest absolute Gasteiger partial charge is 0.480 e. The highest BCUT2D eigenvalue weighted by atomic mass is 16.4. The third-order valence-electron chi connectivity index (χ3n) is 3.59. The Labute approximate surface area is 128 Å². The quantitative estimate of drug-likeness (QED) is 0.843. The topological polar surface area (TPSA) is 84.2 Å². The van der Waals surface area contributed by atoms with E-state index in [0.29, 0.717) is 0 Å². The summed E-state index contributed by atoms with van der Waals surface area (Å²) in [4.78, 5) is 23.7. The summed E-state index contributed by atoms with van der Waals surface area (Å²) in [5.41, 5.74) is 1.60. The number of carboxylic acid groups (broad SMARTS) is 1. The molecule has 116 valence electrons. The van der Waals surface area contributed by atoms with E-state index in [1.165, 1.54) is 0 Å². The number of hydrogen-bond acceptors (Lipinski definition) is 3.